The van der Waals surface area contributed by atoms with Gasteiger partial charge in [-0.2, -0.15) is 0 Å². The van der Waals surface area contributed by atoms with Crippen molar-refractivity contribution >= 4 is 12.2 Å². The van der Waals surface area contributed by atoms with Crippen LogP contribution < -0.4 is 5.73 Å². The zero-order valence-corrected chi connectivity index (χ0v) is 7.19. The fourth-order valence-electron chi connectivity index (χ4n) is 1.19. The van der Waals surface area contributed by atoms with Gasteiger partial charge >= 0.3 is 0 Å². The predicted octanol–water partition coefficient (Wildman–Crippen LogP) is 0.917. The molecule has 0 radical (unpaired) electrons. The van der Waals surface area contributed by atoms with E-state index in [0.717, 1.165) is 11.8 Å². The van der Waals surface area contributed by atoms with E-state index in [2.05, 4.69) is 0 Å². The van der Waals surface area contributed by atoms with E-state index in [1.165, 1.54) is 0 Å². The van der Waals surface area contributed by atoms with Crippen molar-refractivity contribution in [3.63, 3.8) is 0 Å². The Balaban J connectivity index is 2.90. The van der Waals surface area contributed by atoms with Gasteiger partial charge in [0.2, 0.25) is 5.91 Å². The van der Waals surface area contributed by atoms with Crippen LogP contribution in [0.2, 0.25) is 0 Å². The Morgan fingerprint density at radius 3 is 2.69 bits per heavy atom. The summed E-state index contributed by atoms with van der Waals surface area (Å²) in [5, 5.41) is 0. The molecule has 0 aliphatic rings. The van der Waals surface area contributed by atoms with Gasteiger partial charge in [-0.1, -0.05) is 18.2 Å². The van der Waals surface area contributed by atoms with Crippen molar-refractivity contribution in [1.82, 2.24) is 0 Å². The van der Waals surface area contributed by atoms with E-state index in [4.69, 9.17) is 5.73 Å². The lowest BCUT2D eigenvalue weighted by Crippen LogP contribution is -2.13. The highest BCUT2D eigenvalue weighted by atomic mass is 16.1. The first kappa shape index (κ1) is 9.45. The molecule has 0 saturated carbocycles. The van der Waals surface area contributed by atoms with Gasteiger partial charge in [0.1, 0.15) is 6.29 Å². The maximum Gasteiger partial charge on any atom is 0.248 e. The number of aryl methyl sites for hydroxylation is 1. The van der Waals surface area contributed by atoms with Crippen LogP contribution in [0.1, 0.15) is 22.3 Å². The summed E-state index contributed by atoms with van der Waals surface area (Å²) in [5.41, 5.74) is 6.50. The van der Waals surface area contributed by atoms with E-state index in [0.29, 0.717) is 18.4 Å². The van der Waals surface area contributed by atoms with Crippen molar-refractivity contribution in [3.8, 4) is 0 Å². The van der Waals surface area contributed by atoms with Gasteiger partial charge in [-0.05, 0) is 18.1 Å². The third-order valence-corrected chi connectivity index (χ3v) is 1.81. The molecule has 2 N–H and O–H groups in total. The number of carbonyl (C=O) groups is 2. The molecule has 3 heteroatoms. The van der Waals surface area contributed by atoms with Crippen LogP contribution in [0, 0.1) is 0 Å². The molecule has 1 amide bonds. The lowest BCUT2D eigenvalue weighted by atomic mass is 10.0. The topological polar surface area (TPSA) is 60.2 Å². The number of primary amides is 1. The van der Waals surface area contributed by atoms with Gasteiger partial charge in [-0.15, -0.1) is 0 Å². The molecule has 0 spiro atoms. The van der Waals surface area contributed by atoms with Crippen LogP contribution >= 0.6 is 0 Å². The minimum atomic E-state index is -0.443. The molecule has 3 nitrogen and oxygen atoms in total. The molecule has 0 saturated heterocycles. The number of aldehydes is 1. The van der Waals surface area contributed by atoms with E-state index < -0.39 is 5.91 Å². The van der Waals surface area contributed by atoms with Gasteiger partial charge in [0.05, 0.1) is 0 Å². The van der Waals surface area contributed by atoms with Crippen LogP contribution in [0.25, 0.3) is 0 Å². The summed E-state index contributed by atoms with van der Waals surface area (Å²) in [6.45, 7) is 0. The summed E-state index contributed by atoms with van der Waals surface area (Å²) in [5.74, 6) is -0.443. The Morgan fingerprint density at radius 1 is 1.38 bits per heavy atom. The number of benzene rings is 1. The highest BCUT2D eigenvalue weighted by Crippen LogP contribution is 2.09. The smallest absolute Gasteiger partial charge is 0.248 e. The summed E-state index contributed by atoms with van der Waals surface area (Å²) in [7, 11) is 0. The van der Waals surface area contributed by atoms with Crippen molar-refractivity contribution in [2.24, 2.45) is 5.73 Å². The van der Waals surface area contributed by atoms with E-state index >= 15 is 0 Å². The second kappa shape index (κ2) is 4.40. The highest BCUT2D eigenvalue weighted by molar-refractivity contribution is 5.94. The van der Waals surface area contributed by atoms with E-state index in [-0.39, 0.29) is 0 Å². The largest absolute Gasteiger partial charge is 0.366 e. The second-order valence-corrected chi connectivity index (χ2v) is 2.73. The molecule has 0 bridgehead atoms. The highest BCUT2D eigenvalue weighted by Gasteiger charge is 2.05. The first-order valence-electron chi connectivity index (χ1n) is 4.07. The van der Waals surface area contributed by atoms with E-state index in [1.54, 1.807) is 12.1 Å². The van der Waals surface area contributed by atoms with Crippen LogP contribution in [-0.4, -0.2) is 12.2 Å². The quantitative estimate of drug-likeness (QED) is 0.695. The Hall–Kier alpha value is -1.64. The average molecular weight is 177 g/mol. The molecule has 0 aliphatic heterocycles. The zero-order chi connectivity index (χ0) is 9.68. The maximum atomic E-state index is 10.9. The molecule has 68 valence electrons. The molecular weight excluding hydrogens is 166 g/mol. The van der Waals surface area contributed by atoms with Gasteiger partial charge in [-0.25, -0.2) is 0 Å². The fraction of sp³-hybridized carbons (Fsp3) is 0.200. The predicted molar refractivity (Wildman–Crippen MR) is 49.3 cm³/mol. The van der Waals surface area contributed by atoms with E-state index in [1.807, 2.05) is 12.1 Å². The molecular formula is C10H11NO2. The molecule has 1 aromatic rings. The second-order valence-electron chi connectivity index (χ2n) is 2.73. The number of nitrogens with two attached hydrogens (primary N) is 1. The zero-order valence-electron chi connectivity index (χ0n) is 7.19. The SMILES string of the molecule is NC(=O)c1ccccc1CCC=O. The summed E-state index contributed by atoms with van der Waals surface area (Å²) in [4.78, 5) is 21.1. The van der Waals surface area contributed by atoms with Crippen molar-refractivity contribution in [2.45, 2.75) is 12.8 Å². The molecule has 0 aliphatic carbocycles. The van der Waals surface area contributed by atoms with Crippen molar-refractivity contribution in [2.75, 3.05) is 0 Å². The van der Waals surface area contributed by atoms with Crippen molar-refractivity contribution < 1.29 is 9.59 Å². The van der Waals surface area contributed by atoms with Crippen LogP contribution in [-0.2, 0) is 11.2 Å². The van der Waals surface area contributed by atoms with Gasteiger partial charge in [0.15, 0.2) is 0 Å². The van der Waals surface area contributed by atoms with Gasteiger partial charge in [0.25, 0.3) is 0 Å². The summed E-state index contributed by atoms with van der Waals surface area (Å²) in [6, 6.07) is 7.06. The van der Waals surface area contributed by atoms with E-state index in [9.17, 15) is 9.59 Å². The average Bonchev–Trinajstić information content (AvgIpc) is 2.15. The van der Waals surface area contributed by atoms with Crippen LogP contribution in [0.4, 0.5) is 0 Å². The Morgan fingerprint density at radius 2 is 2.08 bits per heavy atom. The Labute approximate surface area is 76.6 Å². The molecule has 0 heterocycles. The number of hydrogen-bond acceptors (Lipinski definition) is 2. The lowest BCUT2D eigenvalue weighted by Gasteiger charge is -2.03. The first-order chi connectivity index (χ1) is 6.25. The summed E-state index contributed by atoms with van der Waals surface area (Å²) >= 11 is 0. The summed E-state index contributed by atoms with van der Waals surface area (Å²) in [6.07, 6.45) is 1.82. The molecule has 0 fully saturated rings. The van der Waals surface area contributed by atoms with Crippen molar-refractivity contribution in [1.29, 1.82) is 0 Å². The number of carbonyl (C=O) groups excluding carboxylic acids is 2. The third kappa shape index (κ3) is 2.40. The third-order valence-electron chi connectivity index (χ3n) is 1.81. The summed E-state index contributed by atoms with van der Waals surface area (Å²) < 4.78 is 0. The van der Waals surface area contributed by atoms with Crippen LogP contribution in [0.5, 0.6) is 0 Å². The Bertz CT molecular complexity index is 320. The molecule has 1 aromatic carbocycles. The minimum Gasteiger partial charge on any atom is -0.366 e. The van der Waals surface area contributed by atoms with Gasteiger partial charge in [-0.3, -0.25) is 4.79 Å². The first-order valence-corrected chi connectivity index (χ1v) is 4.07. The normalized spacial score (nSPS) is 9.54. The minimum absolute atomic E-state index is 0.421. The van der Waals surface area contributed by atoms with Crippen LogP contribution in [0.15, 0.2) is 24.3 Å². The maximum absolute atomic E-state index is 10.9. The fourth-order valence-corrected chi connectivity index (χ4v) is 1.19. The standard InChI is InChI=1S/C10H11NO2/c11-10(13)9-6-2-1-4-8(9)5-3-7-12/h1-2,4,6-7H,3,5H2,(H2,11,13). The number of amides is 1. The molecule has 0 atom stereocenters. The molecule has 1 rings (SSSR count). The monoisotopic (exact) mass is 177 g/mol. The van der Waals surface area contributed by atoms with Crippen molar-refractivity contribution in [3.05, 3.63) is 35.4 Å². The number of rotatable bonds is 4. The lowest BCUT2D eigenvalue weighted by molar-refractivity contribution is -0.107. The molecule has 0 aromatic heterocycles. The van der Waals surface area contributed by atoms with Gasteiger partial charge < -0.3 is 10.5 Å². The molecule has 0 unspecified atom stereocenters. The molecule has 13 heavy (non-hydrogen) atoms. The Kier molecular flexibility index (Phi) is 3.20. The van der Waals surface area contributed by atoms with Crippen LogP contribution in [0.3, 0.4) is 0 Å². The van der Waals surface area contributed by atoms with Gasteiger partial charge in [0, 0.05) is 12.0 Å². The number of hydrogen-bond donors (Lipinski definition) is 1.